The Morgan fingerprint density at radius 2 is 1.80 bits per heavy atom. The van der Waals surface area contributed by atoms with Crippen LogP contribution in [0.15, 0.2) is 59.4 Å². The lowest BCUT2D eigenvalue weighted by Crippen LogP contribution is -2.21. The predicted molar refractivity (Wildman–Crippen MR) is 74.2 cm³/mol. The van der Waals surface area contributed by atoms with E-state index in [1.54, 1.807) is 19.2 Å². The Kier molecular flexibility index (Phi) is 2.95. The standard InChI is InChI=1S/C15H12FN3O/c1-18-14(11-6-3-2-4-7-11)17-19(15(18)20)13-9-5-8-12(16)10-13/h2-10H,1H3. The van der Waals surface area contributed by atoms with Crippen LogP contribution < -0.4 is 5.69 Å². The van der Waals surface area contributed by atoms with Crippen molar-refractivity contribution in [2.45, 2.75) is 0 Å². The maximum atomic E-state index is 13.3. The highest BCUT2D eigenvalue weighted by Gasteiger charge is 2.13. The number of nitrogens with zero attached hydrogens (tertiary/aromatic N) is 3. The van der Waals surface area contributed by atoms with Gasteiger partial charge in [0.2, 0.25) is 0 Å². The Hall–Kier alpha value is -2.69. The monoisotopic (exact) mass is 269 g/mol. The van der Waals surface area contributed by atoms with Crippen molar-refractivity contribution >= 4 is 0 Å². The molecule has 4 nitrogen and oxygen atoms in total. The zero-order chi connectivity index (χ0) is 14.1. The molecule has 0 unspecified atom stereocenters. The second-order valence-electron chi connectivity index (χ2n) is 4.42. The minimum atomic E-state index is -0.402. The van der Waals surface area contributed by atoms with Crippen molar-refractivity contribution in [2.75, 3.05) is 0 Å². The van der Waals surface area contributed by atoms with E-state index >= 15 is 0 Å². The molecule has 0 amide bonds. The van der Waals surface area contributed by atoms with E-state index in [0.29, 0.717) is 11.5 Å². The Morgan fingerprint density at radius 1 is 1.05 bits per heavy atom. The number of hydrogen-bond donors (Lipinski definition) is 0. The van der Waals surface area contributed by atoms with E-state index in [1.165, 1.54) is 21.4 Å². The summed E-state index contributed by atoms with van der Waals surface area (Å²) in [5, 5.41) is 4.29. The maximum absolute atomic E-state index is 13.3. The van der Waals surface area contributed by atoms with Crippen LogP contribution in [-0.4, -0.2) is 14.3 Å². The van der Waals surface area contributed by atoms with Gasteiger partial charge < -0.3 is 0 Å². The van der Waals surface area contributed by atoms with E-state index in [1.807, 2.05) is 30.3 Å². The molecule has 5 heteroatoms. The lowest BCUT2D eigenvalue weighted by atomic mass is 10.2. The molecular formula is C15H12FN3O. The van der Waals surface area contributed by atoms with Crippen molar-refractivity contribution in [3.8, 4) is 17.1 Å². The summed E-state index contributed by atoms with van der Waals surface area (Å²) >= 11 is 0. The summed E-state index contributed by atoms with van der Waals surface area (Å²) in [5.41, 5.74) is 0.935. The van der Waals surface area contributed by atoms with Gasteiger partial charge in [0.05, 0.1) is 5.69 Å². The van der Waals surface area contributed by atoms with Crippen LogP contribution in [0.5, 0.6) is 0 Å². The molecule has 2 aromatic carbocycles. The van der Waals surface area contributed by atoms with E-state index in [-0.39, 0.29) is 5.69 Å². The first kappa shape index (κ1) is 12.3. The summed E-state index contributed by atoms with van der Waals surface area (Å²) < 4.78 is 15.9. The first-order chi connectivity index (χ1) is 9.66. The fourth-order valence-corrected chi connectivity index (χ4v) is 2.05. The third kappa shape index (κ3) is 2.03. The Balaban J connectivity index is 2.18. The van der Waals surface area contributed by atoms with Gasteiger partial charge in [-0.3, -0.25) is 4.57 Å². The smallest absolute Gasteiger partial charge is 0.278 e. The van der Waals surface area contributed by atoms with Crippen molar-refractivity contribution in [1.82, 2.24) is 14.3 Å². The van der Waals surface area contributed by atoms with Crippen molar-refractivity contribution < 1.29 is 4.39 Å². The van der Waals surface area contributed by atoms with Crippen LogP contribution in [0.2, 0.25) is 0 Å². The minimum absolute atomic E-state index is 0.311. The Bertz CT molecular complexity index is 805. The van der Waals surface area contributed by atoms with Gasteiger partial charge in [-0.2, -0.15) is 4.68 Å². The number of hydrogen-bond acceptors (Lipinski definition) is 2. The van der Waals surface area contributed by atoms with Gasteiger partial charge in [0.1, 0.15) is 5.82 Å². The lowest BCUT2D eigenvalue weighted by Gasteiger charge is -1.98. The zero-order valence-electron chi connectivity index (χ0n) is 10.8. The number of rotatable bonds is 2. The second-order valence-corrected chi connectivity index (χ2v) is 4.42. The van der Waals surface area contributed by atoms with Crippen LogP contribution in [0.25, 0.3) is 17.1 Å². The molecule has 20 heavy (non-hydrogen) atoms. The fraction of sp³-hybridized carbons (Fsp3) is 0.0667. The van der Waals surface area contributed by atoms with Gasteiger partial charge in [-0.05, 0) is 18.2 Å². The van der Waals surface area contributed by atoms with Crippen LogP contribution in [0.4, 0.5) is 4.39 Å². The van der Waals surface area contributed by atoms with Crippen molar-refractivity contribution in [2.24, 2.45) is 7.05 Å². The third-order valence-corrected chi connectivity index (χ3v) is 3.07. The molecule has 0 atom stereocenters. The van der Waals surface area contributed by atoms with Crippen molar-refractivity contribution in [3.63, 3.8) is 0 Å². The molecule has 0 bridgehead atoms. The predicted octanol–water partition coefficient (Wildman–Crippen LogP) is 2.38. The summed E-state index contributed by atoms with van der Waals surface area (Å²) in [6.45, 7) is 0. The van der Waals surface area contributed by atoms with Crippen LogP contribution >= 0.6 is 0 Å². The van der Waals surface area contributed by atoms with Crippen LogP contribution in [-0.2, 0) is 7.05 Å². The van der Waals surface area contributed by atoms with Crippen LogP contribution in [0, 0.1) is 5.82 Å². The summed E-state index contributed by atoms with van der Waals surface area (Å²) in [6, 6.07) is 15.2. The average molecular weight is 269 g/mol. The normalized spacial score (nSPS) is 10.7. The van der Waals surface area contributed by atoms with E-state index in [4.69, 9.17) is 0 Å². The molecule has 0 radical (unpaired) electrons. The SMILES string of the molecule is Cn1c(-c2ccccc2)nn(-c2cccc(F)c2)c1=O. The molecular weight excluding hydrogens is 257 g/mol. The molecule has 100 valence electrons. The summed E-state index contributed by atoms with van der Waals surface area (Å²) in [6.07, 6.45) is 0. The molecule has 0 saturated heterocycles. The summed E-state index contributed by atoms with van der Waals surface area (Å²) in [7, 11) is 1.65. The van der Waals surface area contributed by atoms with Crippen LogP contribution in [0.1, 0.15) is 0 Å². The van der Waals surface area contributed by atoms with Gasteiger partial charge in [0, 0.05) is 12.6 Å². The van der Waals surface area contributed by atoms with E-state index in [0.717, 1.165) is 5.56 Å². The Labute approximate surface area is 114 Å². The highest BCUT2D eigenvalue weighted by Crippen LogP contribution is 2.15. The molecule has 0 aliphatic heterocycles. The van der Waals surface area contributed by atoms with E-state index in [9.17, 15) is 9.18 Å². The second kappa shape index (κ2) is 4.77. The first-order valence-corrected chi connectivity index (χ1v) is 6.14. The van der Waals surface area contributed by atoms with Crippen molar-refractivity contribution in [3.05, 3.63) is 70.9 Å². The molecule has 0 saturated carbocycles. The largest absolute Gasteiger partial charge is 0.350 e. The van der Waals surface area contributed by atoms with Gasteiger partial charge in [-0.25, -0.2) is 9.18 Å². The molecule has 0 aliphatic carbocycles. The zero-order valence-corrected chi connectivity index (χ0v) is 10.8. The number of halogens is 1. The molecule has 3 rings (SSSR count). The third-order valence-electron chi connectivity index (χ3n) is 3.07. The summed E-state index contributed by atoms with van der Waals surface area (Å²) in [5.74, 6) is 0.140. The van der Waals surface area contributed by atoms with Gasteiger partial charge in [-0.1, -0.05) is 36.4 Å². The number of benzene rings is 2. The highest BCUT2D eigenvalue weighted by molar-refractivity contribution is 5.54. The lowest BCUT2D eigenvalue weighted by molar-refractivity contribution is 0.624. The molecule has 1 heterocycles. The Morgan fingerprint density at radius 3 is 2.50 bits per heavy atom. The van der Waals surface area contributed by atoms with E-state index < -0.39 is 5.82 Å². The average Bonchev–Trinajstić information content (AvgIpc) is 2.76. The van der Waals surface area contributed by atoms with Crippen molar-refractivity contribution in [1.29, 1.82) is 0 Å². The molecule has 0 spiro atoms. The summed E-state index contributed by atoms with van der Waals surface area (Å²) in [4.78, 5) is 12.2. The molecule has 0 aliphatic rings. The van der Waals surface area contributed by atoms with Gasteiger partial charge in [0.15, 0.2) is 5.82 Å². The van der Waals surface area contributed by atoms with Gasteiger partial charge in [0.25, 0.3) is 0 Å². The highest BCUT2D eigenvalue weighted by atomic mass is 19.1. The number of aromatic nitrogens is 3. The van der Waals surface area contributed by atoms with Gasteiger partial charge >= 0.3 is 5.69 Å². The molecule has 1 aromatic heterocycles. The molecule has 0 N–H and O–H groups in total. The van der Waals surface area contributed by atoms with E-state index in [2.05, 4.69) is 5.10 Å². The maximum Gasteiger partial charge on any atom is 0.350 e. The first-order valence-electron chi connectivity index (χ1n) is 6.14. The minimum Gasteiger partial charge on any atom is -0.278 e. The topological polar surface area (TPSA) is 39.8 Å². The fourth-order valence-electron chi connectivity index (χ4n) is 2.05. The van der Waals surface area contributed by atoms with Crippen LogP contribution in [0.3, 0.4) is 0 Å². The van der Waals surface area contributed by atoms with Gasteiger partial charge in [-0.15, -0.1) is 5.10 Å². The quantitative estimate of drug-likeness (QED) is 0.716. The molecule has 0 fully saturated rings. The molecule has 3 aromatic rings.